The van der Waals surface area contributed by atoms with Crippen molar-refractivity contribution in [2.45, 2.75) is 6.92 Å². The second-order valence-corrected chi connectivity index (χ2v) is 6.31. The summed E-state index contributed by atoms with van der Waals surface area (Å²) in [7, 11) is 0. The molecule has 0 saturated carbocycles. The molecule has 0 spiro atoms. The fourth-order valence-electron chi connectivity index (χ4n) is 2.31. The molecule has 126 valence electrons. The lowest BCUT2D eigenvalue weighted by Crippen LogP contribution is -2.25. The van der Waals surface area contributed by atoms with Crippen molar-refractivity contribution in [2.75, 3.05) is 6.61 Å². The van der Waals surface area contributed by atoms with E-state index in [4.69, 9.17) is 4.74 Å². The summed E-state index contributed by atoms with van der Waals surface area (Å²) in [5, 5.41) is 6.08. The topological polar surface area (TPSA) is 50.7 Å². The molecule has 0 aliphatic heterocycles. The number of carbonyl (C=O) groups is 1. The zero-order chi connectivity index (χ0) is 17.5. The van der Waals surface area contributed by atoms with Crippen LogP contribution in [0, 0.1) is 0 Å². The zero-order valence-electron chi connectivity index (χ0n) is 13.8. The predicted molar refractivity (Wildman–Crippen MR) is 102 cm³/mol. The molecular formula is C20H18N2O2S. The average molecular weight is 350 g/mol. The van der Waals surface area contributed by atoms with E-state index in [-0.39, 0.29) is 12.5 Å². The molecule has 0 radical (unpaired) electrons. The number of thiophene rings is 1. The molecule has 0 aliphatic carbocycles. The van der Waals surface area contributed by atoms with Gasteiger partial charge in [0, 0.05) is 10.4 Å². The van der Waals surface area contributed by atoms with E-state index < -0.39 is 0 Å². The molecule has 2 aromatic carbocycles. The third kappa shape index (κ3) is 4.55. The maximum atomic E-state index is 12.0. The van der Waals surface area contributed by atoms with Crippen LogP contribution in [0.3, 0.4) is 0 Å². The molecule has 1 aromatic heterocycles. The Hall–Kier alpha value is -2.92. The maximum absolute atomic E-state index is 12.0. The van der Waals surface area contributed by atoms with Gasteiger partial charge in [0.1, 0.15) is 5.75 Å². The van der Waals surface area contributed by atoms with Gasteiger partial charge in [-0.25, -0.2) is 5.43 Å². The number of carbonyl (C=O) groups excluding carboxylic acids is 1. The summed E-state index contributed by atoms with van der Waals surface area (Å²) in [5.74, 6) is 0.376. The Morgan fingerprint density at radius 3 is 2.56 bits per heavy atom. The van der Waals surface area contributed by atoms with Gasteiger partial charge >= 0.3 is 0 Å². The van der Waals surface area contributed by atoms with E-state index in [1.54, 1.807) is 11.3 Å². The van der Waals surface area contributed by atoms with Gasteiger partial charge in [-0.05, 0) is 30.0 Å². The molecule has 1 amide bonds. The number of hydrazone groups is 1. The second kappa shape index (κ2) is 8.26. The molecule has 1 N–H and O–H groups in total. The number of rotatable bonds is 6. The lowest BCUT2D eigenvalue weighted by atomic mass is 10.1. The van der Waals surface area contributed by atoms with Crippen LogP contribution in [0.2, 0.25) is 0 Å². The molecule has 5 heteroatoms. The van der Waals surface area contributed by atoms with Gasteiger partial charge in [0.2, 0.25) is 0 Å². The number of para-hydroxylation sites is 1. The highest BCUT2D eigenvalue weighted by Crippen LogP contribution is 2.29. The number of nitrogens with one attached hydrogen (secondary N) is 1. The zero-order valence-corrected chi connectivity index (χ0v) is 14.6. The fourth-order valence-corrected chi connectivity index (χ4v) is 2.99. The molecule has 1 heterocycles. The Morgan fingerprint density at radius 1 is 1.04 bits per heavy atom. The largest absolute Gasteiger partial charge is 0.483 e. The molecule has 0 aliphatic rings. The van der Waals surface area contributed by atoms with Crippen LogP contribution in [0.25, 0.3) is 11.1 Å². The smallest absolute Gasteiger partial charge is 0.277 e. The van der Waals surface area contributed by atoms with Crippen LogP contribution in [-0.2, 0) is 4.79 Å². The van der Waals surface area contributed by atoms with E-state index in [9.17, 15) is 4.79 Å². The highest BCUT2D eigenvalue weighted by molar-refractivity contribution is 7.12. The van der Waals surface area contributed by atoms with Gasteiger partial charge in [-0.3, -0.25) is 4.79 Å². The van der Waals surface area contributed by atoms with Crippen molar-refractivity contribution >= 4 is 23.0 Å². The minimum absolute atomic E-state index is 0.0922. The van der Waals surface area contributed by atoms with Crippen LogP contribution in [0.4, 0.5) is 0 Å². The van der Waals surface area contributed by atoms with Crippen LogP contribution < -0.4 is 10.2 Å². The van der Waals surface area contributed by atoms with Gasteiger partial charge in [0.25, 0.3) is 5.91 Å². The van der Waals surface area contributed by atoms with Crippen molar-refractivity contribution in [1.82, 2.24) is 5.43 Å². The predicted octanol–water partition coefficient (Wildman–Crippen LogP) is 4.33. The number of amides is 1. The Bertz CT molecular complexity index is 858. The molecule has 3 rings (SSSR count). The van der Waals surface area contributed by atoms with Gasteiger partial charge in [0.05, 0.1) is 5.71 Å². The summed E-state index contributed by atoms with van der Waals surface area (Å²) in [6, 6.07) is 21.5. The molecule has 0 saturated heterocycles. The van der Waals surface area contributed by atoms with Crippen molar-refractivity contribution in [1.29, 1.82) is 0 Å². The van der Waals surface area contributed by atoms with Crippen LogP contribution in [-0.4, -0.2) is 18.2 Å². The summed E-state index contributed by atoms with van der Waals surface area (Å²) in [6.07, 6.45) is 0. The first-order chi connectivity index (χ1) is 12.2. The third-order valence-corrected chi connectivity index (χ3v) is 4.54. The number of hydrogen-bond acceptors (Lipinski definition) is 4. The molecule has 25 heavy (non-hydrogen) atoms. The van der Waals surface area contributed by atoms with E-state index in [1.165, 1.54) is 0 Å². The lowest BCUT2D eigenvalue weighted by Gasteiger charge is -2.11. The van der Waals surface area contributed by atoms with E-state index in [2.05, 4.69) is 10.5 Å². The van der Waals surface area contributed by atoms with Gasteiger partial charge < -0.3 is 4.74 Å². The van der Waals surface area contributed by atoms with E-state index in [0.29, 0.717) is 5.75 Å². The summed E-state index contributed by atoms with van der Waals surface area (Å²) in [4.78, 5) is 13.0. The van der Waals surface area contributed by atoms with E-state index >= 15 is 0 Å². The van der Waals surface area contributed by atoms with Gasteiger partial charge in [0.15, 0.2) is 6.61 Å². The van der Waals surface area contributed by atoms with Crippen molar-refractivity contribution in [3.8, 4) is 16.9 Å². The quantitative estimate of drug-likeness (QED) is 0.531. The Morgan fingerprint density at radius 2 is 1.80 bits per heavy atom. The average Bonchev–Trinajstić information content (AvgIpc) is 3.20. The fraction of sp³-hybridized carbons (Fsp3) is 0.100. The first-order valence-corrected chi connectivity index (χ1v) is 8.76. The van der Waals surface area contributed by atoms with E-state index in [1.807, 2.05) is 79.0 Å². The first-order valence-electron chi connectivity index (χ1n) is 7.88. The SMILES string of the molecule is C/C(=N/NC(=O)COc1ccccc1-c1ccccc1)c1cccs1. The number of benzene rings is 2. The second-order valence-electron chi connectivity index (χ2n) is 5.36. The summed E-state index contributed by atoms with van der Waals surface area (Å²) in [5.41, 5.74) is 5.30. The number of ether oxygens (including phenoxy) is 1. The molecule has 0 unspecified atom stereocenters. The van der Waals surface area contributed by atoms with Crippen molar-refractivity contribution in [3.05, 3.63) is 77.0 Å². The van der Waals surface area contributed by atoms with Crippen LogP contribution >= 0.6 is 11.3 Å². The van der Waals surface area contributed by atoms with Crippen LogP contribution in [0.5, 0.6) is 5.75 Å². The third-order valence-electron chi connectivity index (χ3n) is 3.56. The highest BCUT2D eigenvalue weighted by atomic mass is 32.1. The van der Waals surface area contributed by atoms with Crippen LogP contribution in [0.15, 0.2) is 77.2 Å². The van der Waals surface area contributed by atoms with Gasteiger partial charge in [-0.2, -0.15) is 5.10 Å². The normalized spacial score (nSPS) is 11.2. The molecule has 0 atom stereocenters. The molecule has 4 nitrogen and oxygen atoms in total. The minimum atomic E-state index is -0.293. The highest BCUT2D eigenvalue weighted by Gasteiger charge is 2.08. The monoisotopic (exact) mass is 350 g/mol. The number of nitrogens with zero attached hydrogens (tertiary/aromatic N) is 1. The van der Waals surface area contributed by atoms with Gasteiger partial charge in [-0.15, -0.1) is 11.3 Å². The molecule has 0 bridgehead atoms. The lowest BCUT2D eigenvalue weighted by molar-refractivity contribution is -0.123. The van der Waals surface area contributed by atoms with Crippen molar-refractivity contribution in [2.24, 2.45) is 5.10 Å². The first kappa shape index (κ1) is 16.9. The summed E-state index contributed by atoms with van der Waals surface area (Å²) in [6.45, 7) is 1.77. The van der Waals surface area contributed by atoms with Crippen molar-refractivity contribution < 1.29 is 9.53 Å². The van der Waals surface area contributed by atoms with Crippen molar-refractivity contribution in [3.63, 3.8) is 0 Å². The molecule has 0 fully saturated rings. The maximum Gasteiger partial charge on any atom is 0.277 e. The summed E-state index contributed by atoms with van der Waals surface area (Å²) >= 11 is 1.58. The van der Waals surface area contributed by atoms with E-state index in [0.717, 1.165) is 21.7 Å². The Kier molecular flexibility index (Phi) is 5.59. The Balaban J connectivity index is 1.62. The number of hydrogen-bond donors (Lipinski definition) is 1. The molecule has 3 aromatic rings. The molecular weight excluding hydrogens is 332 g/mol. The standard InChI is InChI=1S/C20H18N2O2S/c1-15(19-12-7-13-25-19)21-22-20(23)14-24-18-11-6-5-10-17(18)16-8-3-2-4-9-16/h2-13H,14H2,1H3,(H,22,23)/b21-15-. The van der Waals surface area contributed by atoms with Crippen LogP contribution in [0.1, 0.15) is 11.8 Å². The minimum Gasteiger partial charge on any atom is -0.483 e. The summed E-state index contributed by atoms with van der Waals surface area (Å²) < 4.78 is 5.70. The van der Waals surface area contributed by atoms with Gasteiger partial charge in [-0.1, -0.05) is 54.6 Å². The Labute approximate surface area is 150 Å².